The average molecular weight is 912 g/mol. The van der Waals surface area contributed by atoms with Gasteiger partial charge in [0, 0.05) is 45.7 Å². The van der Waals surface area contributed by atoms with Crippen molar-refractivity contribution in [3.63, 3.8) is 0 Å². The largest absolute Gasteiger partial charge is 0.501 e. The molecule has 0 atom stereocenters. The number of hydrogen-bond donors (Lipinski definition) is 0. The monoisotopic (exact) mass is 912 g/mol. The molecule has 9 rings (SSSR count). The van der Waals surface area contributed by atoms with E-state index in [1.54, 1.807) is 0 Å². The van der Waals surface area contributed by atoms with Gasteiger partial charge in [0.1, 0.15) is 5.58 Å². The molecule has 0 aliphatic carbocycles. The normalized spacial score (nSPS) is 12.3. The van der Waals surface area contributed by atoms with Crippen LogP contribution in [0, 0.1) is 18.1 Å². The Morgan fingerprint density at radius 1 is 0.764 bits per heavy atom. The van der Waals surface area contributed by atoms with E-state index < -0.39 is 14.4 Å². The second kappa shape index (κ2) is 16.1. The average Bonchev–Trinajstić information content (AvgIpc) is 3.80. The number of benzene rings is 6. The fourth-order valence-corrected chi connectivity index (χ4v) is 8.41. The van der Waals surface area contributed by atoms with Gasteiger partial charge < -0.3 is 14.0 Å². The summed E-state index contributed by atoms with van der Waals surface area (Å²) in [5, 5.41) is 3.27. The molecule has 3 aromatic heterocycles. The molecule has 0 spiro atoms. The van der Waals surface area contributed by atoms with Gasteiger partial charge in [0.05, 0.1) is 30.5 Å². The number of para-hydroxylation sites is 4. The van der Waals surface area contributed by atoms with Gasteiger partial charge in [-0.3, -0.25) is 4.98 Å². The second-order valence-corrected chi connectivity index (χ2v) is 19.8. The van der Waals surface area contributed by atoms with Crippen LogP contribution in [-0.2, 0) is 26.5 Å². The molecule has 0 amide bonds. The third-order valence-corrected chi connectivity index (χ3v) is 11.5. The van der Waals surface area contributed by atoms with E-state index in [9.17, 15) is 0 Å². The van der Waals surface area contributed by atoms with Crippen molar-refractivity contribution in [2.45, 2.75) is 39.9 Å². The number of aromatic nitrogens is 3. The van der Waals surface area contributed by atoms with E-state index in [0.717, 1.165) is 83.2 Å². The van der Waals surface area contributed by atoms with E-state index in [1.807, 2.05) is 86.8 Å². The molecule has 6 aromatic carbocycles. The first kappa shape index (κ1) is 35.3. The summed E-state index contributed by atoms with van der Waals surface area (Å²) in [5.74, 6) is 0.729. The summed E-state index contributed by atoms with van der Waals surface area (Å²) in [7, 11) is -1.67. The van der Waals surface area contributed by atoms with Gasteiger partial charge in [-0.15, -0.1) is 54.1 Å². The van der Waals surface area contributed by atoms with Crippen LogP contribution < -0.4 is 5.19 Å². The minimum atomic E-state index is -1.67. The Balaban J connectivity index is 0.000000189. The number of rotatable bonds is 7. The number of imidazole rings is 1. The molecule has 1 radical (unpaired) electrons. The third kappa shape index (κ3) is 7.76. The molecule has 9 aromatic rings. The van der Waals surface area contributed by atoms with Crippen LogP contribution in [0.1, 0.15) is 22.2 Å². The molecular weight excluding hydrogens is 867 g/mol. The summed E-state index contributed by atoms with van der Waals surface area (Å²) in [4.78, 5) is 9.67. The Kier molecular flexibility index (Phi) is 10.4. The predicted molar refractivity (Wildman–Crippen MR) is 228 cm³/mol. The van der Waals surface area contributed by atoms with Crippen LogP contribution in [0.2, 0.25) is 19.6 Å². The summed E-state index contributed by atoms with van der Waals surface area (Å²) in [6, 6.07) is 55.6. The van der Waals surface area contributed by atoms with Crippen molar-refractivity contribution in [1.82, 2.24) is 14.5 Å². The maximum Gasteiger partial charge on any atom is 0.120 e. The van der Waals surface area contributed by atoms with Crippen LogP contribution in [0.25, 0.3) is 72.4 Å². The van der Waals surface area contributed by atoms with Crippen molar-refractivity contribution in [3.05, 3.63) is 169 Å². The molecule has 0 unspecified atom stereocenters. The molecule has 0 aliphatic heterocycles. The molecule has 0 bridgehead atoms. The van der Waals surface area contributed by atoms with Crippen LogP contribution in [0.3, 0.4) is 0 Å². The van der Waals surface area contributed by atoms with E-state index in [2.05, 4.69) is 120 Å². The molecule has 55 heavy (non-hydrogen) atoms. The van der Waals surface area contributed by atoms with Crippen molar-refractivity contribution < 1.29 is 27.3 Å². The molecule has 0 saturated carbocycles. The molecule has 0 saturated heterocycles. The summed E-state index contributed by atoms with van der Waals surface area (Å²) in [6.07, 6.45) is 0.528. The Morgan fingerprint density at radius 3 is 2.27 bits per heavy atom. The standard InChI is InChI=1S/C31H19N2O.C18H24NSi.Ir/c1-2-11-21(12-3-1)22-13-4-7-18-27(22)33-28-19-8-6-17-26(28)32-31(33)25-16-10-15-24-23-14-5-9-20-29(23)34-30(24)25;1-14(2)11-16-12-17(15-9-7-6-8-10-15)19-13-18(16)20(3,4)5;/h1-15,17-20H;6-9,12-14H,11H2,1-5H3;/q2*-1;/i;11D2;. The van der Waals surface area contributed by atoms with Crippen molar-refractivity contribution in [3.8, 4) is 39.5 Å². The van der Waals surface area contributed by atoms with Gasteiger partial charge >= 0.3 is 0 Å². The molecule has 275 valence electrons. The zero-order valence-electron chi connectivity index (χ0n) is 33.6. The maximum absolute atomic E-state index is 8.55. The molecule has 4 nitrogen and oxygen atoms in total. The summed E-state index contributed by atoms with van der Waals surface area (Å²) >= 11 is 0. The number of pyridine rings is 1. The van der Waals surface area contributed by atoms with E-state index >= 15 is 0 Å². The third-order valence-electron chi connectivity index (χ3n) is 9.49. The predicted octanol–water partition coefficient (Wildman–Crippen LogP) is 12.3. The van der Waals surface area contributed by atoms with E-state index in [1.165, 1.54) is 0 Å². The van der Waals surface area contributed by atoms with Crippen LogP contribution in [0.15, 0.2) is 156 Å². The first-order valence-corrected chi connectivity index (χ1v) is 21.9. The molecular formula is C49H43IrN3OSi-2. The number of nitrogens with zero attached hydrogens (tertiary/aromatic N) is 3. The van der Waals surface area contributed by atoms with E-state index in [0.29, 0.717) is 0 Å². The van der Waals surface area contributed by atoms with Crippen molar-refractivity contribution in [1.29, 1.82) is 0 Å². The smallest absolute Gasteiger partial charge is 0.120 e. The van der Waals surface area contributed by atoms with Gasteiger partial charge in [0.15, 0.2) is 0 Å². The van der Waals surface area contributed by atoms with Gasteiger partial charge in [-0.1, -0.05) is 135 Å². The molecule has 0 aliphatic rings. The van der Waals surface area contributed by atoms with Crippen molar-refractivity contribution in [2.24, 2.45) is 5.92 Å². The summed E-state index contributed by atoms with van der Waals surface area (Å²) in [5.41, 5.74) is 10.4. The Bertz CT molecular complexity index is 2810. The minimum absolute atomic E-state index is 0. The number of fused-ring (bicyclic) bond motifs is 4. The SMILES string of the molecule is [2H]C([2H])(c1cc(-c2[c-]cccc2)ncc1[Si](C)(C)C)C(C)C.[Ir].[c-]1ccc2c(oc3ccccc32)c1-c1nc2ccccc2n1-c1ccccc1-c1ccccc1. The van der Waals surface area contributed by atoms with E-state index in [4.69, 9.17) is 12.1 Å². The molecule has 0 fully saturated rings. The zero-order chi connectivity index (χ0) is 39.0. The second-order valence-electron chi connectivity index (χ2n) is 14.8. The van der Waals surface area contributed by atoms with Crippen molar-refractivity contribution in [2.75, 3.05) is 0 Å². The topological polar surface area (TPSA) is 43.9 Å². The first-order chi connectivity index (χ1) is 27.0. The zero-order valence-corrected chi connectivity index (χ0v) is 35.0. The molecule has 0 N–H and O–H groups in total. The number of hydrogen-bond acceptors (Lipinski definition) is 3. The Hall–Kier alpha value is -5.39. The fraction of sp³-hybridized carbons (Fsp3) is 0.143. The van der Waals surface area contributed by atoms with Gasteiger partial charge in [-0.05, 0) is 53.0 Å². The fourth-order valence-electron chi connectivity index (χ4n) is 7.01. The first-order valence-electron chi connectivity index (χ1n) is 19.4. The summed E-state index contributed by atoms with van der Waals surface area (Å²) < 4.78 is 25.7. The minimum Gasteiger partial charge on any atom is -0.501 e. The van der Waals surface area contributed by atoms with Crippen molar-refractivity contribution >= 4 is 46.2 Å². The quantitative estimate of drug-likeness (QED) is 0.118. The molecule has 6 heteroatoms. The van der Waals surface area contributed by atoms with Crippen LogP contribution >= 0.6 is 0 Å². The number of furan rings is 1. The van der Waals surface area contributed by atoms with E-state index in [-0.39, 0.29) is 26.0 Å². The van der Waals surface area contributed by atoms with Crippen LogP contribution in [0.5, 0.6) is 0 Å². The van der Waals surface area contributed by atoms with Gasteiger partial charge in [0.2, 0.25) is 0 Å². The van der Waals surface area contributed by atoms with Gasteiger partial charge in [-0.25, -0.2) is 0 Å². The Labute approximate surface area is 341 Å². The Morgan fingerprint density at radius 2 is 1.49 bits per heavy atom. The summed E-state index contributed by atoms with van der Waals surface area (Å²) in [6.45, 7) is 10.6. The maximum atomic E-state index is 8.55. The van der Waals surface area contributed by atoms with Crippen LogP contribution in [-0.4, -0.2) is 22.6 Å². The molecule has 3 heterocycles. The van der Waals surface area contributed by atoms with Crippen LogP contribution in [0.4, 0.5) is 0 Å². The van der Waals surface area contributed by atoms with Gasteiger partial charge in [0.25, 0.3) is 0 Å². The van der Waals surface area contributed by atoms with Gasteiger partial charge in [-0.2, -0.15) is 0 Å².